The van der Waals surface area contributed by atoms with Gasteiger partial charge in [0.25, 0.3) is 5.91 Å². The van der Waals surface area contributed by atoms with E-state index in [1.165, 1.54) is 0 Å². The summed E-state index contributed by atoms with van der Waals surface area (Å²) in [6.45, 7) is 7.48. The molecule has 0 aliphatic carbocycles. The molecule has 1 aromatic carbocycles. The molecular weight excluding hydrogens is 353 g/mol. The fourth-order valence-corrected chi connectivity index (χ4v) is 3.32. The number of amides is 1. The molecule has 0 atom stereocenters. The topological polar surface area (TPSA) is 45.2 Å². The van der Waals surface area contributed by atoms with E-state index in [9.17, 15) is 4.79 Å². The van der Waals surface area contributed by atoms with E-state index in [2.05, 4.69) is 29.0 Å². The molecule has 0 aliphatic rings. The summed E-state index contributed by atoms with van der Waals surface area (Å²) in [6, 6.07) is 4.82. The van der Waals surface area contributed by atoms with Crippen molar-refractivity contribution in [2.75, 3.05) is 13.1 Å². The van der Waals surface area contributed by atoms with Crippen LogP contribution in [0.2, 0.25) is 10.0 Å². The van der Waals surface area contributed by atoms with Gasteiger partial charge in [0.1, 0.15) is 5.01 Å². The number of aromatic nitrogens is 1. The second-order valence-corrected chi connectivity index (χ2v) is 6.79. The number of nitrogens with zero attached hydrogens (tertiary/aromatic N) is 2. The number of carbonyl (C=O) groups is 1. The largest absolute Gasteiger partial charge is 0.345 e. The van der Waals surface area contributed by atoms with Crippen molar-refractivity contribution in [3.63, 3.8) is 0 Å². The molecule has 0 fully saturated rings. The van der Waals surface area contributed by atoms with Crippen LogP contribution < -0.4 is 5.32 Å². The van der Waals surface area contributed by atoms with E-state index in [0.29, 0.717) is 22.2 Å². The van der Waals surface area contributed by atoms with Gasteiger partial charge in [-0.15, -0.1) is 11.3 Å². The molecule has 0 aliphatic heterocycles. The zero-order valence-electron chi connectivity index (χ0n) is 13.1. The molecule has 124 valence electrons. The number of rotatable bonds is 7. The Hall–Kier alpha value is -1.14. The molecule has 1 heterocycles. The van der Waals surface area contributed by atoms with Crippen molar-refractivity contribution in [1.82, 2.24) is 15.2 Å². The summed E-state index contributed by atoms with van der Waals surface area (Å²) < 4.78 is 0. The van der Waals surface area contributed by atoms with E-state index in [4.69, 9.17) is 23.2 Å². The van der Waals surface area contributed by atoms with Crippen molar-refractivity contribution in [1.29, 1.82) is 0 Å². The summed E-state index contributed by atoms with van der Waals surface area (Å²) in [5.41, 5.74) is 1.45. The van der Waals surface area contributed by atoms with Crippen LogP contribution in [-0.4, -0.2) is 28.9 Å². The summed E-state index contributed by atoms with van der Waals surface area (Å²) in [4.78, 5) is 19.0. The summed E-state index contributed by atoms with van der Waals surface area (Å²) in [7, 11) is 0. The Morgan fingerprint density at radius 2 is 2.04 bits per heavy atom. The molecule has 0 saturated carbocycles. The van der Waals surface area contributed by atoms with Crippen LogP contribution in [0.25, 0.3) is 0 Å². The standard InChI is InChI=1S/C16H19Cl2N3OS/c1-3-21(4-2)9-12-10-23-15(20-12)8-19-16(22)13-6-5-11(17)7-14(13)18/h5-7,10H,3-4,8-9H2,1-2H3,(H,19,22). The average Bonchev–Trinajstić information content (AvgIpc) is 2.98. The van der Waals surface area contributed by atoms with Crippen LogP contribution in [-0.2, 0) is 13.1 Å². The fraction of sp³-hybridized carbons (Fsp3) is 0.375. The fourth-order valence-electron chi connectivity index (χ4n) is 2.10. The van der Waals surface area contributed by atoms with Gasteiger partial charge in [-0.05, 0) is 31.3 Å². The third-order valence-electron chi connectivity index (χ3n) is 3.46. The minimum atomic E-state index is -0.229. The molecule has 0 radical (unpaired) electrons. The lowest BCUT2D eigenvalue weighted by molar-refractivity contribution is 0.0951. The van der Waals surface area contributed by atoms with Crippen molar-refractivity contribution >= 4 is 40.4 Å². The summed E-state index contributed by atoms with van der Waals surface area (Å²) in [5.74, 6) is -0.229. The van der Waals surface area contributed by atoms with Gasteiger partial charge in [-0.2, -0.15) is 0 Å². The molecule has 0 bridgehead atoms. The third kappa shape index (κ3) is 5.18. The van der Waals surface area contributed by atoms with Crippen LogP contribution in [0.5, 0.6) is 0 Å². The second kappa shape index (κ2) is 8.64. The van der Waals surface area contributed by atoms with E-state index >= 15 is 0 Å². The minimum absolute atomic E-state index is 0.229. The normalized spacial score (nSPS) is 11.0. The number of halogens is 2. The van der Waals surface area contributed by atoms with Gasteiger partial charge < -0.3 is 5.32 Å². The van der Waals surface area contributed by atoms with Gasteiger partial charge in [0, 0.05) is 16.9 Å². The number of thiazole rings is 1. The highest BCUT2D eigenvalue weighted by Gasteiger charge is 2.12. The zero-order chi connectivity index (χ0) is 16.8. The van der Waals surface area contributed by atoms with E-state index < -0.39 is 0 Å². The molecule has 1 amide bonds. The van der Waals surface area contributed by atoms with E-state index in [0.717, 1.165) is 30.3 Å². The number of hydrogen-bond acceptors (Lipinski definition) is 4. The van der Waals surface area contributed by atoms with Gasteiger partial charge in [0.05, 0.1) is 22.8 Å². The van der Waals surface area contributed by atoms with E-state index in [1.54, 1.807) is 29.5 Å². The zero-order valence-corrected chi connectivity index (χ0v) is 15.4. The van der Waals surface area contributed by atoms with Gasteiger partial charge in [-0.1, -0.05) is 37.0 Å². The summed E-state index contributed by atoms with van der Waals surface area (Å²) >= 11 is 13.4. The molecule has 0 spiro atoms. The quantitative estimate of drug-likeness (QED) is 0.792. The molecule has 1 N–H and O–H groups in total. The maximum atomic E-state index is 12.2. The number of benzene rings is 1. The van der Waals surface area contributed by atoms with Crippen LogP contribution in [0.4, 0.5) is 0 Å². The monoisotopic (exact) mass is 371 g/mol. The molecule has 2 aromatic rings. The maximum Gasteiger partial charge on any atom is 0.253 e. The van der Waals surface area contributed by atoms with Crippen LogP contribution in [0, 0.1) is 0 Å². The van der Waals surface area contributed by atoms with E-state index in [-0.39, 0.29) is 5.91 Å². The smallest absolute Gasteiger partial charge is 0.253 e. The van der Waals surface area contributed by atoms with Crippen LogP contribution in [0.3, 0.4) is 0 Å². The second-order valence-electron chi connectivity index (χ2n) is 5.00. The number of hydrogen-bond donors (Lipinski definition) is 1. The molecular formula is C16H19Cl2N3OS. The Kier molecular flexibility index (Phi) is 6.84. The predicted octanol–water partition coefficient (Wildman–Crippen LogP) is 4.22. The van der Waals surface area contributed by atoms with Crippen LogP contribution >= 0.6 is 34.5 Å². The SMILES string of the molecule is CCN(CC)Cc1csc(CNC(=O)c2ccc(Cl)cc2Cl)n1. The number of carbonyl (C=O) groups excluding carboxylic acids is 1. The molecule has 4 nitrogen and oxygen atoms in total. The first-order valence-corrected chi connectivity index (χ1v) is 9.05. The lowest BCUT2D eigenvalue weighted by atomic mass is 10.2. The number of nitrogens with one attached hydrogen (secondary N) is 1. The first kappa shape index (κ1) is 18.2. The third-order valence-corrected chi connectivity index (χ3v) is 4.90. The highest BCUT2D eigenvalue weighted by Crippen LogP contribution is 2.21. The molecule has 7 heteroatoms. The Balaban J connectivity index is 1.93. The van der Waals surface area contributed by atoms with Crippen molar-refractivity contribution in [2.24, 2.45) is 0 Å². The summed E-state index contributed by atoms with van der Waals surface area (Å²) in [6.07, 6.45) is 0. The Morgan fingerprint density at radius 3 is 2.70 bits per heavy atom. The first-order chi connectivity index (χ1) is 11.0. The predicted molar refractivity (Wildman–Crippen MR) is 96.4 cm³/mol. The molecule has 23 heavy (non-hydrogen) atoms. The maximum absolute atomic E-state index is 12.2. The van der Waals surface area contributed by atoms with Gasteiger partial charge in [0.15, 0.2) is 0 Å². The van der Waals surface area contributed by atoms with Crippen LogP contribution in [0.15, 0.2) is 23.6 Å². The highest BCUT2D eigenvalue weighted by atomic mass is 35.5. The lowest BCUT2D eigenvalue weighted by Crippen LogP contribution is -2.23. The Morgan fingerprint density at radius 1 is 1.30 bits per heavy atom. The van der Waals surface area contributed by atoms with Gasteiger partial charge in [0.2, 0.25) is 0 Å². The summed E-state index contributed by atoms with van der Waals surface area (Å²) in [5, 5.41) is 6.61. The molecule has 2 rings (SSSR count). The average molecular weight is 372 g/mol. The van der Waals surface area contributed by atoms with Gasteiger partial charge >= 0.3 is 0 Å². The van der Waals surface area contributed by atoms with Crippen molar-refractivity contribution in [3.8, 4) is 0 Å². The highest BCUT2D eigenvalue weighted by molar-refractivity contribution is 7.09. The Bertz CT molecular complexity index is 671. The first-order valence-electron chi connectivity index (χ1n) is 7.42. The lowest BCUT2D eigenvalue weighted by Gasteiger charge is -2.15. The van der Waals surface area contributed by atoms with Crippen molar-refractivity contribution in [2.45, 2.75) is 26.9 Å². The van der Waals surface area contributed by atoms with Gasteiger partial charge in [-0.25, -0.2) is 4.98 Å². The molecule has 1 aromatic heterocycles. The van der Waals surface area contributed by atoms with Crippen molar-refractivity contribution < 1.29 is 4.79 Å². The van der Waals surface area contributed by atoms with Crippen molar-refractivity contribution in [3.05, 3.63) is 49.9 Å². The van der Waals surface area contributed by atoms with Crippen LogP contribution in [0.1, 0.15) is 34.9 Å². The Labute approximate surface area is 150 Å². The minimum Gasteiger partial charge on any atom is -0.345 e. The molecule has 0 saturated heterocycles. The van der Waals surface area contributed by atoms with Gasteiger partial charge in [-0.3, -0.25) is 9.69 Å². The van der Waals surface area contributed by atoms with E-state index in [1.807, 2.05) is 5.38 Å². The molecule has 0 unspecified atom stereocenters.